The van der Waals surface area contributed by atoms with Gasteiger partial charge in [0.2, 0.25) is 0 Å². The average molecular weight is 265 g/mol. The van der Waals surface area contributed by atoms with Gasteiger partial charge in [-0.15, -0.1) is 0 Å². The highest BCUT2D eigenvalue weighted by atomic mass is 16.5. The molecule has 0 saturated carbocycles. The molecule has 4 nitrogen and oxygen atoms in total. The van der Waals surface area contributed by atoms with Crippen molar-refractivity contribution in [3.05, 3.63) is 23.8 Å². The van der Waals surface area contributed by atoms with Gasteiger partial charge >= 0.3 is 0 Å². The second-order valence-electron chi connectivity index (χ2n) is 4.81. The van der Waals surface area contributed by atoms with Crippen LogP contribution in [0.2, 0.25) is 0 Å². The first-order valence-corrected chi connectivity index (χ1v) is 6.91. The average Bonchev–Trinajstić information content (AvgIpc) is 2.96. The maximum Gasteiger partial charge on any atom is 0.161 e. The van der Waals surface area contributed by atoms with Gasteiger partial charge in [0.1, 0.15) is 0 Å². The lowest BCUT2D eigenvalue weighted by atomic mass is 10.1. The molecule has 19 heavy (non-hydrogen) atoms. The van der Waals surface area contributed by atoms with Crippen molar-refractivity contribution in [2.75, 3.05) is 33.5 Å². The van der Waals surface area contributed by atoms with Crippen LogP contribution in [0, 0.1) is 5.92 Å². The van der Waals surface area contributed by atoms with Crippen LogP contribution in [-0.4, -0.2) is 33.5 Å². The van der Waals surface area contributed by atoms with E-state index in [0.29, 0.717) is 12.5 Å². The molecule has 0 bridgehead atoms. The van der Waals surface area contributed by atoms with Crippen molar-refractivity contribution in [3.8, 4) is 11.5 Å². The smallest absolute Gasteiger partial charge is 0.161 e. The molecule has 1 fully saturated rings. The topological polar surface area (TPSA) is 39.7 Å². The Morgan fingerprint density at radius 3 is 2.95 bits per heavy atom. The summed E-state index contributed by atoms with van der Waals surface area (Å²) in [6, 6.07) is 6.09. The van der Waals surface area contributed by atoms with Crippen LogP contribution in [0.4, 0.5) is 0 Å². The van der Waals surface area contributed by atoms with Crippen LogP contribution in [0.5, 0.6) is 11.5 Å². The molecule has 1 saturated heterocycles. The standard InChI is InChI=1S/C15H23NO3/c1-3-16-9-12-4-5-14(15(8-12)17-2)19-11-13-6-7-18-10-13/h4-5,8,13,16H,3,6-7,9-11H2,1-2H3. The van der Waals surface area contributed by atoms with Gasteiger partial charge in [-0.25, -0.2) is 0 Å². The van der Waals surface area contributed by atoms with Gasteiger partial charge in [0, 0.05) is 19.1 Å². The van der Waals surface area contributed by atoms with Crippen molar-refractivity contribution in [3.63, 3.8) is 0 Å². The first-order chi connectivity index (χ1) is 9.33. The van der Waals surface area contributed by atoms with Crippen LogP contribution in [0.25, 0.3) is 0 Å². The Hall–Kier alpha value is -1.26. The van der Waals surface area contributed by atoms with E-state index >= 15 is 0 Å². The van der Waals surface area contributed by atoms with E-state index in [9.17, 15) is 0 Å². The summed E-state index contributed by atoms with van der Waals surface area (Å²) < 4.78 is 16.6. The molecule has 1 heterocycles. The molecular weight excluding hydrogens is 242 g/mol. The molecule has 106 valence electrons. The molecule has 1 aliphatic heterocycles. The third-order valence-corrected chi connectivity index (χ3v) is 3.31. The van der Waals surface area contributed by atoms with Gasteiger partial charge in [0.05, 0.1) is 20.3 Å². The Bertz CT molecular complexity index is 389. The fourth-order valence-corrected chi connectivity index (χ4v) is 2.13. The summed E-state index contributed by atoms with van der Waals surface area (Å²) in [5, 5.41) is 3.30. The Labute approximate surface area is 115 Å². The van der Waals surface area contributed by atoms with Crippen LogP contribution in [-0.2, 0) is 11.3 Å². The summed E-state index contributed by atoms with van der Waals surface area (Å²) in [6.07, 6.45) is 1.08. The summed E-state index contributed by atoms with van der Waals surface area (Å²) >= 11 is 0. The van der Waals surface area contributed by atoms with E-state index in [1.165, 1.54) is 5.56 Å². The zero-order valence-corrected chi connectivity index (χ0v) is 11.8. The molecule has 0 aromatic heterocycles. The maximum atomic E-state index is 5.85. The molecule has 1 atom stereocenters. The first-order valence-electron chi connectivity index (χ1n) is 6.91. The number of methoxy groups -OCH3 is 1. The van der Waals surface area contributed by atoms with Crippen LogP contribution in [0.3, 0.4) is 0 Å². The summed E-state index contributed by atoms with van der Waals surface area (Å²) in [5.74, 6) is 2.12. The zero-order valence-electron chi connectivity index (χ0n) is 11.8. The predicted molar refractivity (Wildman–Crippen MR) is 74.8 cm³/mol. The molecule has 0 aliphatic carbocycles. The largest absolute Gasteiger partial charge is 0.493 e. The molecule has 2 rings (SSSR count). The minimum Gasteiger partial charge on any atom is -0.493 e. The van der Waals surface area contributed by atoms with Gasteiger partial charge in [-0.3, -0.25) is 0 Å². The number of benzene rings is 1. The van der Waals surface area contributed by atoms with E-state index in [1.807, 2.05) is 12.1 Å². The second kappa shape index (κ2) is 7.36. The summed E-state index contributed by atoms with van der Waals surface area (Å²) in [5.41, 5.74) is 1.20. The molecule has 1 N–H and O–H groups in total. The fraction of sp³-hybridized carbons (Fsp3) is 0.600. The van der Waals surface area contributed by atoms with E-state index in [-0.39, 0.29) is 0 Å². The summed E-state index contributed by atoms with van der Waals surface area (Å²) in [7, 11) is 1.68. The lowest BCUT2D eigenvalue weighted by Gasteiger charge is -2.14. The molecule has 4 heteroatoms. The minimum atomic E-state index is 0.506. The molecule has 0 radical (unpaired) electrons. The highest BCUT2D eigenvalue weighted by molar-refractivity contribution is 5.42. The number of rotatable bonds is 7. The van der Waals surface area contributed by atoms with Crippen LogP contribution >= 0.6 is 0 Å². The van der Waals surface area contributed by atoms with E-state index in [0.717, 1.165) is 44.2 Å². The van der Waals surface area contributed by atoms with Gasteiger partial charge in [0.15, 0.2) is 11.5 Å². The second-order valence-corrected chi connectivity index (χ2v) is 4.81. The molecule has 1 aromatic rings. The maximum absolute atomic E-state index is 5.85. The van der Waals surface area contributed by atoms with Gasteiger partial charge in [-0.05, 0) is 30.7 Å². The normalized spacial score (nSPS) is 18.5. The van der Waals surface area contributed by atoms with E-state index in [2.05, 4.69) is 18.3 Å². The number of ether oxygens (including phenoxy) is 3. The van der Waals surface area contributed by atoms with Crippen LogP contribution in [0.1, 0.15) is 18.9 Å². The minimum absolute atomic E-state index is 0.506. The van der Waals surface area contributed by atoms with Gasteiger partial charge in [-0.2, -0.15) is 0 Å². The monoisotopic (exact) mass is 265 g/mol. The molecule has 0 amide bonds. The summed E-state index contributed by atoms with van der Waals surface area (Å²) in [6.45, 7) is 6.26. The fourth-order valence-electron chi connectivity index (χ4n) is 2.13. The number of nitrogens with one attached hydrogen (secondary N) is 1. The molecular formula is C15H23NO3. The molecule has 0 spiro atoms. The first kappa shape index (κ1) is 14.2. The van der Waals surface area contributed by atoms with Gasteiger partial charge in [-0.1, -0.05) is 13.0 Å². The molecule has 1 unspecified atom stereocenters. The van der Waals surface area contributed by atoms with Crippen LogP contribution in [0.15, 0.2) is 18.2 Å². The molecule has 1 aliphatic rings. The highest BCUT2D eigenvalue weighted by Crippen LogP contribution is 2.29. The van der Waals surface area contributed by atoms with E-state index < -0.39 is 0 Å². The lowest BCUT2D eigenvalue weighted by molar-refractivity contribution is 0.165. The quantitative estimate of drug-likeness (QED) is 0.820. The highest BCUT2D eigenvalue weighted by Gasteiger charge is 2.17. The Morgan fingerprint density at radius 2 is 2.26 bits per heavy atom. The van der Waals surface area contributed by atoms with Gasteiger partial charge < -0.3 is 19.5 Å². The number of hydrogen-bond acceptors (Lipinski definition) is 4. The van der Waals surface area contributed by atoms with Crippen molar-refractivity contribution < 1.29 is 14.2 Å². The predicted octanol–water partition coefficient (Wildman–Crippen LogP) is 2.22. The third kappa shape index (κ3) is 4.11. The Balaban J connectivity index is 1.94. The van der Waals surface area contributed by atoms with E-state index in [1.54, 1.807) is 7.11 Å². The van der Waals surface area contributed by atoms with Crippen molar-refractivity contribution in [1.29, 1.82) is 0 Å². The van der Waals surface area contributed by atoms with Gasteiger partial charge in [0.25, 0.3) is 0 Å². The third-order valence-electron chi connectivity index (χ3n) is 3.31. The molecule has 1 aromatic carbocycles. The van der Waals surface area contributed by atoms with Crippen molar-refractivity contribution >= 4 is 0 Å². The lowest BCUT2D eigenvalue weighted by Crippen LogP contribution is -2.13. The van der Waals surface area contributed by atoms with Crippen LogP contribution < -0.4 is 14.8 Å². The Morgan fingerprint density at radius 1 is 1.37 bits per heavy atom. The van der Waals surface area contributed by atoms with Crippen molar-refractivity contribution in [2.45, 2.75) is 19.9 Å². The Kier molecular flexibility index (Phi) is 5.48. The summed E-state index contributed by atoms with van der Waals surface area (Å²) in [4.78, 5) is 0. The number of hydrogen-bond donors (Lipinski definition) is 1. The van der Waals surface area contributed by atoms with Crippen molar-refractivity contribution in [2.24, 2.45) is 5.92 Å². The van der Waals surface area contributed by atoms with Crippen molar-refractivity contribution in [1.82, 2.24) is 5.32 Å². The zero-order chi connectivity index (χ0) is 13.5. The SMILES string of the molecule is CCNCc1ccc(OCC2CCOC2)c(OC)c1. The van der Waals surface area contributed by atoms with E-state index in [4.69, 9.17) is 14.2 Å².